The second-order valence-electron chi connectivity index (χ2n) is 9.38. The Morgan fingerprint density at radius 3 is 1.58 bits per heavy atom. The highest BCUT2D eigenvalue weighted by Crippen LogP contribution is 2.56. The molecule has 4 fully saturated rings. The zero-order valence-corrected chi connectivity index (χ0v) is 17.2. The average Bonchev–Trinajstić information content (AvgIpc) is 2.80. The van der Waals surface area contributed by atoms with Crippen molar-refractivity contribution in [2.75, 3.05) is 26.2 Å². The van der Waals surface area contributed by atoms with Crippen molar-refractivity contribution in [1.29, 1.82) is 0 Å². The summed E-state index contributed by atoms with van der Waals surface area (Å²) in [5.41, 5.74) is 2.54. The standard InChI is InChI=1S/C26H26N2O3/c29-21-12-11-18(13-22(21)30)23-27-14-25(19-7-3-1-4-8-19)15-28(23)17-26(16-27,24(25)31)20-9-5-2-6-10-20/h1-13,23-24,29-31H,14-17H2. The van der Waals surface area contributed by atoms with Gasteiger partial charge in [0.25, 0.3) is 0 Å². The molecule has 5 heteroatoms. The Morgan fingerprint density at radius 2 is 1.13 bits per heavy atom. The third-order valence-corrected chi connectivity index (χ3v) is 7.67. The van der Waals surface area contributed by atoms with Crippen LogP contribution < -0.4 is 0 Å². The number of phenols is 2. The molecular weight excluding hydrogens is 388 g/mol. The van der Waals surface area contributed by atoms with Gasteiger partial charge in [-0.2, -0.15) is 0 Å². The molecule has 3 aromatic carbocycles. The first-order valence-electron chi connectivity index (χ1n) is 10.8. The van der Waals surface area contributed by atoms with Crippen LogP contribution in [0.25, 0.3) is 0 Å². The van der Waals surface area contributed by atoms with E-state index in [-0.39, 0.29) is 28.5 Å². The van der Waals surface area contributed by atoms with Crippen LogP contribution >= 0.6 is 0 Å². The van der Waals surface area contributed by atoms with Gasteiger partial charge in [-0.3, -0.25) is 9.80 Å². The van der Waals surface area contributed by atoms with E-state index in [1.54, 1.807) is 12.1 Å². The average molecular weight is 415 g/mol. The van der Waals surface area contributed by atoms with Crippen LogP contribution in [0.2, 0.25) is 0 Å². The fourth-order valence-corrected chi connectivity index (χ4v) is 6.46. The number of phenolic OH excluding ortho intramolecular Hbond substituents is 2. The molecular formula is C26H26N2O3. The second-order valence-corrected chi connectivity index (χ2v) is 9.38. The van der Waals surface area contributed by atoms with Gasteiger partial charge < -0.3 is 15.3 Å². The summed E-state index contributed by atoms with van der Waals surface area (Å²) >= 11 is 0. The Bertz CT molecular complexity index is 1040. The second kappa shape index (κ2) is 6.57. The van der Waals surface area contributed by atoms with E-state index in [0.29, 0.717) is 0 Å². The number of nitrogens with zero attached hydrogens (tertiary/aromatic N) is 2. The molecule has 0 spiro atoms. The zero-order chi connectivity index (χ0) is 21.2. The van der Waals surface area contributed by atoms with Crippen LogP contribution in [0.5, 0.6) is 11.5 Å². The van der Waals surface area contributed by atoms with Crippen LogP contribution in [0, 0.1) is 0 Å². The van der Waals surface area contributed by atoms with Crippen molar-refractivity contribution in [3.8, 4) is 11.5 Å². The lowest BCUT2D eigenvalue weighted by atomic mass is 9.54. The summed E-state index contributed by atoms with van der Waals surface area (Å²) in [4.78, 5) is 4.87. The van der Waals surface area contributed by atoms with E-state index in [2.05, 4.69) is 58.3 Å². The van der Waals surface area contributed by atoms with E-state index in [0.717, 1.165) is 31.7 Å². The molecule has 0 aromatic heterocycles. The van der Waals surface area contributed by atoms with Gasteiger partial charge in [0.2, 0.25) is 0 Å². The molecule has 0 atom stereocenters. The fraction of sp³-hybridized carbons (Fsp3) is 0.308. The number of aromatic hydroxyl groups is 2. The van der Waals surface area contributed by atoms with Crippen molar-refractivity contribution in [1.82, 2.24) is 9.80 Å². The Kier molecular flexibility index (Phi) is 4.00. The van der Waals surface area contributed by atoms with Crippen LogP contribution in [-0.4, -0.2) is 57.4 Å². The summed E-state index contributed by atoms with van der Waals surface area (Å²) in [5.74, 6) is -0.196. The number of rotatable bonds is 3. The fourth-order valence-electron chi connectivity index (χ4n) is 6.46. The zero-order valence-electron chi connectivity index (χ0n) is 17.2. The lowest BCUT2D eigenvalue weighted by molar-refractivity contribution is -0.209. The predicted molar refractivity (Wildman–Crippen MR) is 118 cm³/mol. The number of hydrogen-bond acceptors (Lipinski definition) is 5. The Balaban J connectivity index is 1.50. The SMILES string of the molecule is Oc1ccc(C2N3CC4(c5ccccc5)CN2CC(c2ccccc2)(C3)C4O)cc1O. The van der Waals surface area contributed by atoms with Gasteiger partial charge >= 0.3 is 0 Å². The molecule has 4 aliphatic heterocycles. The van der Waals surface area contributed by atoms with Gasteiger partial charge in [-0.25, -0.2) is 0 Å². The molecule has 4 heterocycles. The molecule has 0 radical (unpaired) electrons. The molecule has 0 amide bonds. The van der Waals surface area contributed by atoms with Gasteiger partial charge in [0, 0.05) is 37.0 Å². The van der Waals surface area contributed by atoms with Crippen LogP contribution in [-0.2, 0) is 10.8 Å². The maximum atomic E-state index is 11.9. The Hall–Kier alpha value is -2.86. The largest absolute Gasteiger partial charge is 0.504 e. The third-order valence-electron chi connectivity index (χ3n) is 7.67. The Labute approximate surface area is 181 Å². The quantitative estimate of drug-likeness (QED) is 0.575. The highest BCUT2D eigenvalue weighted by atomic mass is 16.3. The van der Waals surface area contributed by atoms with E-state index in [4.69, 9.17) is 0 Å². The number of aliphatic hydroxyl groups is 1. The number of piperidine rings is 2. The normalized spacial score (nSPS) is 35.9. The van der Waals surface area contributed by atoms with Crippen LogP contribution in [0.4, 0.5) is 0 Å². The predicted octanol–water partition coefficient (Wildman–Crippen LogP) is 2.98. The molecule has 5 nitrogen and oxygen atoms in total. The monoisotopic (exact) mass is 414 g/mol. The molecule has 7 rings (SSSR count). The van der Waals surface area contributed by atoms with Gasteiger partial charge in [-0.05, 0) is 28.8 Å². The van der Waals surface area contributed by atoms with E-state index >= 15 is 0 Å². The highest BCUT2D eigenvalue weighted by Gasteiger charge is 2.66. The maximum absolute atomic E-state index is 11.9. The summed E-state index contributed by atoms with van der Waals surface area (Å²) in [6.45, 7) is 2.98. The minimum Gasteiger partial charge on any atom is -0.504 e. The summed E-state index contributed by atoms with van der Waals surface area (Å²) in [5, 5.41) is 31.9. The van der Waals surface area contributed by atoms with E-state index < -0.39 is 6.10 Å². The minimum absolute atomic E-state index is 0.00711. The van der Waals surface area contributed by atoms with E-state index in [1.165, 1.54) is 11.1 Å². The summed E-state index contributed by atoms with van der Waals surface area (Å²) in [7, 11) is 0. The van der Waals surface area contributed by atoms with Crippen molar-refractivity contribution in [3.05, 3.63) is 95.6 Å². The van der Waals surface area contributed by atoms with Crippen molar-refractivity contribution in [2.45, 2.75) is 23.1 Å². The molecule has 3 aromatic rings. The highest BCUT2D eigenvalue weighted by molar-refractivity contribution is 5.46. The minimum atomic E-state index is -0.494. The molecule has 158 valence electrons. The first kappa shape index (κ1) is 18.9. The van der Waals surface area contributed by atoms with Gasteiger partial charge in [-0.15, -0.1) is 0 Å². The van der Waals surface area contributed by atoms with Crippen molar-refractivity contribution < 1.29 is 15.3 Å². The Morgan fingerprint density at radius 1 is 0.645 bits per heavy atom. The third kappa shape index (κ3) is 2.54. The molecule has 0 aliphatic carbocycles. The lowest BCUT2D eigenvalue weighted by Gasteiger charge is -2.69. The first-order chi connectivity index (χ1) is 15.0. The summed E-state index contributed by atoms with van der Waals surface area (Å²) < 4.78 is 0. The van der Waals surface area contributed by atoms with Gasteiger partial charge in [0.05, 0.1) is 12.3 Å². The van der Waals surface area contributed by atoms with Crippen molar-refractivity contribution in [3.63, 3.8) is 0 Å². The van der Waals surface area contributed by atoms with Gasteiger partial charge in [-0.1, -0.05) is 66.7 Å². The lowest BCUT2D eigenvalue weighted by Crippen LogP contribution is -2.81. The maximum Gasteiger partial charge on any atom is 0.157 e. The van der Waals surface area contributed by atoms with E-state index in [9.17, 15) is 15.3 Å². The summed E-state index contributed by atoms with van der Waals surface area (Å²) in [6, 6.07) is 25.9. The molecule has 4 saturated heterocycles. The van der Waals surface area contributed by atoms with Crippen LogP contribution in [0.3, 0.4) is 0 Å². The molecule has 3 N–H and O–H groups in total. The number of aliphatic hydroxyl groups excluding tert-OH is 1. The molecule has 0 saturated carbocycles. The number of benzene rings is 3. The smallest absolute Gasteiger partial charge is 0.157 e. The summed E-state index contributed by atoms with van der Waals surface area (Å²) in [6.07, 6.45) is -0.487. The van der Waals surface area contributed by atoms with Gasteiger partial charge in [0.1, 0.15) is 0 Å². The van der Waals surface area contributed by atoms with Crippen LogP contribution in [0.1, 0.15) is 22.9 Å². The van der Waals surface area contributed by atoms with Crippen molar-refractivity contribution in [2.24, 2.45) is 0 Å². The molecule has 4 aliphatic rings. The number of hydrogen-bond donors (Lipinski definition) is 3. The first-order valence-corrected chi connectivity index (χ1v) is 10.8. The molecule has 0 unspecified atom stereocenters. The van der Waals surface area contributed by atoms with Crippen molar-refractivity contribution >= 4 is 0 Å². The molecule has 31 heavy (non-hydrogen) atoms. The topological polar surface area (TPSA) is 67.2 Å². The van der Waals surface area contributed by atoms with Crippen LogP contribution in [0.15, 0.2) is 78.9 Å². The molecule has 4 bridgehead atoms. The van der Waals surface area contributed by atoms with Gasteiger partial charge in [0.15, 0.2) is 11.5 Å². The van der Waals surface area contributed by atoms with E-state index in [1.807, 2.05) is 18.2 Å².